The summed E-state index contributed by atoms with van der Waals surface area (Å²) in [5, 5.41) is 6.35. The Kier molecular flexibility index (Phi) is 8.95. The average Bonchev–Trinajstić information content (AvgIpc) is 3.44. The van der Waals surface area contributed by atoms with Crippen LogP contribution in [0.1, 0.15) is 48.6 Å². The van der Waals surface area contributed by atoms with E-state index < -0.39 is 11.9 Å². The third-order valence-corrected chi connectivity index (χ3v) is 7.78. The number of nitrogens with one attached hydrogen (secondary N) is 2. The molecule has 212 valence electrons. The largest absolute Gasteiger partial charge is 0.490 e. The van der Waals surface area contributed by atoms with Gasteiger partial charge in [-0.15, -0.1) is 0 Å². The second-order valence-electron chi connectivity index (χ2n) is 10.2. The molecule has 2 heterocycles. The van der Waals surface area contributed by atoms with Gasteiger partial charge in [-0.2, -0.15) is 0 Å². The Balaban J connectivity index is 1.41. The lowest BCUT2D eigenvalue weighted by Crippen LogP contribution is -2.54. The monoisotopic (exact) mass is 549 g/mol. The van der Waals surface area contributed by atoms with Gasteiger partial charge >= 0.3 is 6.09 Å². The number of carbonyl (C=O) groups is 2. The summed E-state index contributed by atoms with van der Waals surface area (Å²) in [6.45, 7) is 2.09. The molecule has 3 atom stereocenters. The number of hydrogen-bond donors (Lipinski definition) is 2. The van der Waals surface area contributed by atoms with E-state index in [1.54, 1.807) is 24.5 Å². The summed E-state index contributed by atoms with van der Waals surface area (Å²) in [6, 6.07) is 15.8. The Bertz CT molecular complexity index is 1300. The van der Waals surface area contributed by atoms with E-state index in [4.69, 9.17) is 9.47 Å². The molecule has 1 saturated carbocycles. The maximum absolute atomic E-state index is 14.1. The van der Waals surface area contributed by atoms with Crippen molar-refractivity contribution in [2.75, 3.05) is 33.4 Å². The maximum atomic E-state index is 14.1. The van der Waals surface area contributed by atoms with Crippen molar-refractivity contribution < 1.29 is 23.5 Å². The number of para-hydroxylation sites is 1. The standard InChI is InChI=1S/C30H36FN5O4/c1-39-30(38)34-24-12-6-7-13-25(24)36-20-33-27(28(36)21-9-3-2-4-10-21)29(37)35-17-16-32-19-22(35)15-18-40-26-14-8-5-11-23(26)31/h2-5,8-11,14,20,22,24-25,32H,6-7,12-13,15-19H2,1H3,(H,34,38)/t22-,24+,25+/m1/s1. The first-order chi connectivity index (χ1) is 19.6. The van der Waals surface area contributed by atoms with E-state index in [1.807, 2.05) is 35.2 Å². The molecular formula is C30H36FN5O4. The first-order valence-corrected chi connectivity index (χ1v) is 13.9. The highest BCUT2D eigenvalue weighted by molar-refractivity contribution is 5.98. The third kappa shape index (κ3) is 6.12. The zero-order valence-corrected chi connectivity index (χ0v) is 22.7. The molecule has 0 spiro atoms. The molecule has 0 bridgehead atoms. The average molecular weight is 550 g/mol. The number of imidazole rings is 1. The third-order valence-electron chi connectivity index (χ3n) is 7.78. The van der Waals surface area contributed by atoms with Gasteiger partial charge in [-0.05, 0) is 25.0 Å². The van der Waals surface area contributed by atoms with Crippen molar-refractivity contribution in [3.63, 3.8) is 0 Å². The molecule has 0 unspecified atom stereocenters. The fourth-order valence-corrected chi connectivity index (χ4v) is 5.76. The van der Waals surface area contributed by atoms with Crippen LogP contribution in [0.3, 0.4) is 0 Å². The molecule has 10 heteroatoms. The van der Waals surface area contributed by atoms with E-state index in [0.29, 0.717) is 31.7 Å². The Labute approximate surface area is 233 Å². The normalized spacial score (nSPS) is 21.1. The molecule has 5 rings (SSSR count). The van der Waals surface area contributed by atoms with Gasteiger partial charge in [0.15, 0.2) is 17.3 Å². The molecule has 2 aliphatic rings. The number of methoxy groups -OCH3 is 1. The highest BCUT2D eigenvalue weighted by Gasteiger charge is 2.35. The summed E-state index contributed by atoms with van der Waals surface area (Å²) in [4.78, 5) is 32.8. The van der Waals surface area contributed by atoms with Gasteiger partial charge in [0.2, 0.25) is 0 Å². The Morgan fingerprint density at radius 2 is 1.88 bits per heavy atom. The second kappa shape index (κ2) is 13.0. The van der Waals surface area contributed by atoms with Crippen LogP contribution in [0, 0.1) is 5.82 Å². The molecule has 1 aliphatic heterocycles. The van der Waals surface area contributed by atoms with Crippen LogP contribution in [0.5, 0.6) is 5.75 Å². The number of aromatic nitrogens is 2. The zero-order valence-electron chi connectivity index (χ0n) is 22.7. The van der Waals surface area contributed by atoms with Crippen LogP contribution < -0.4 is 15.4 Å². The lowest BCUT2D eigenvalue weighted by atomic mass is 9.89. The Morgan fingerprint density at radius 3 is 2.67 bits per heavy atom. The molecule has 1 aliphatic carbocycles. The quantitative estimate of drug-likeness (QED) is 0.432. The minimum atomic E-state index is -0.462. The number of rotatable bonds is 8. The van der Waals surface area contributed by atoms with Gasteiger partial charge in [-0.3, -0.25) is 4.79 Å². The first-order valence-electron chi connectivity index (χ1n) is 13.9. The minimum absolute atomic E-state index is 0.0647. The fraction of sp³-hybridized carbons (Fsp3) is 0.433. The van der Waals surface area contributed by atoms with Gasteiger partial charge in [0.1, 0.15) is 0 Å². The number of carbonyl (C=O) groups excluding carboxylic acids is 2. The number of alkyl carbamates (subject to hydrolysis) is 1. The summed E-state index contributed by atoms with van der Waals surface area (Å²) < 4.78 is 26.7. The zero-order chi connectivity index (χ0) is 27.9. The predicted molar refractivity (Wildman–Crippen MR) is 149 cm³/mol. The molecule has 2 aromatic carbocycles. The van der Waals surface area contributed by atoms with Gasteiger partial charge in [0.25, 0.3) is 5.91 Å². The smallest absolute Gasteiger partial charge is 0.407 e. The van der Waals surface area contributed by atoms with Crippen LogP contribution >= 0.6 is 0 Å². The molecule has 1 saturated heterocycles. The Hall–Kier alpha value is -3.92. The summed E-state index contributed by atoms with van der Waals surface area (Å²) >= 11 is 0. The van der Waals surface area contributed by atoms with Crippen LogP contribution in [0.25, 0.3) is 11.3 Å². The van der Waals surface area contributed by atoms with Gasteiger partial charge < -0.3 is 29.6 Å². The fourth-order valence-electron chi connectivity index (χ4n) is 5.76. The van der Waals surface area contributed by atoms with E-state index in [2.05, 4.69) is 20.2 Å². The van der Waals surface area contributed by atoms with Gasteiger partial charge in [-0.25, -0.2) is 14.2 Å². The highest BCUT2D eigenvalue weighted by atomic mass is 19.1. The topological polar surface area (TPSA) is 97.7 Å². The lowest BCUT2D eigenvalue weighted by molar-refractivity contribution is 0.0600. The molecule has 2 N–H and O–H groups in total. The number of benzene rings is 2. The van der Waals surface area contributed by atoms with Crippen LogP contribution in [0.15, 0.2) is 60.9 Å². The van der Waals surface area contributed by atoms with Crippen molar-refractivity contribution >= 4 is 12.0 Å². The van der Waals surface area contributed by atoms with E-state index in [9.17, 15) is 14.0 Å². The van der Waals surface area contributed by atoms with Crippen molar-refractivity contribution in [2.24, 2.45) is 0 Å². The van der Waals surface area contributed by atoms with Crippen LogP contribution in [0.2, 0.25) is 0 Å². The van der Waals surface area contributed by atoms with Crippen LogP contribution in [-0.2, 0) is 4.74 Å². The van der Waals surface area contributed by atoms with Gasteiger partial charge in [0, 0.05) is 37.7 Å². The van der Waals surface area contributed by atoms with E-state index in [0.717, 1.165) is 36.9 Å². The van der Waals surface area contributed by atoms with Crippen molar-refractivity contribution in [1.82, 2.24) is 25.1 Å². The van der Waals surface area contributed by atoms with Gasteiger partial charge in [-0.1, -0.05) is 55.3 Å². The molecule has 1 aromatic heterocycles. The number of piperazine rings is 1. The van der Waals surface area contributed by atoms with E-state index in [1.165, 1.54) is 13.2 Å². The summed E-state index contributed by atoms with van der Waals surface area (Å²) in [7, 11) is 1.36. The maximum Gasteiger partial charge on any atom is 0.407 e. The molecule has 3 aromatic rings. The molecule has 2 fully saturated rings. The van der Waals surface area contributed by atoms with Crippen LogP contribution in [0.4, 0.5) is 9.18 Å². The SMILES string of the molecule is COC(=O)N[C@H]1CCCC[C@@H]1n1cnc(C(=O)N2CCNC[C@H]2CCOc2ccccc2F)c1-c1ccccc1. The second-order valence-corrected chi connectivity index (χ2v) is 10.2. The lowest BCUT2D eigenvalue weighted by Gasteiger charge is -2.36. The minimum Gasteiger partial charge on any atom is -0.490 e. The summed E-state index contributed by atoms with van der Waals surface area (Å²) in [5.74, 6) is -0.349. The van der Waals surface area contributed by atoms with Crippen molar-refractivity contribution in [1.29, 1.82) is 0 Å². The number of nitrogens with zero attached hydrogens (tertiary/aromatic N) is 3. The molecule has 40 heavy (non-hydrogen) atoms. The number of ether oxygens (including phenoxy) is 2. The van der Waals surface area contributed by atoms with Crippen molar-refractivity contribution in [2.45, 2.75) is 50.2 Å². The van der Waals surface area contributed by atoms with E-state index in [-0.39, 0.29) is 36.4 Å². The number of hydrogen-bond acceptors (Lipinski definition) is 6. The number of amides is 2. The van der Waals surface area contributed by atoms with E-state index >= 15 is 0 Å². The number of halogens is 1. The van der Waals surface area contributed by atoms with Crippen LogP contribution in [-0.4, -0.2) is 71.9 Å². The molecule has 9 nitrogen and oxygen atoms in total. The summed E-state index contributed by atoms with van der Waals surface area (Å²) in [5.41, 5.74) is 2.02. The molecular weight excluding hydrogens is 513 g/mol. The molecule has 2 amide bonds. The Morgan fingerprint density at radius 1 is 1.10 bits per heavy atom. The first kappa shape index (κ1) is 27.6. The highest BCUT2D eigenvalue weighted by Crippen LogP contribution is 2.35. The predicted octanol–water partition coefficient (Wildman–Crippen LogP) is 4.41. The molecule has 0 radical (unpaired) electrons. The van der Waals surface area contributed by atoms with Crippen molar-refractivity contribution in [3.8, 4) is 17.0 Å². The van der Waals surface area contributed by atoms with Crippen molar-refractivity contribution in [3.05, 3.63) is 72.4 Å². The summed E-state index contributed by atoms with van der Waals surface area (Å²) in [6.07, 6.45) is 5.50. The van der Waals surface area contributed by atoms with Gasteiger partial charge in [0.05, 0.1) is 37.8 Å².